The van der Waals surface area contributed by atoms with Crippen LogP contribution in [0.25, 0.3) is 0 Å². The first kappa shape index (κ1) is 18.1. The number of benzene rings is 1. The van der Waals surface area contributed by atoms with Gasteiger partial charge in [-0.15, -0.1) is 0 Å². The lowest BCUT2D eigenvalue weighted by molar-refractivity contribution is 0.123. The Labute approximate surface area is 129 Å². The maximum atomic E-state index is 13.1. The standard InChI is InChI=1S/C18H30FNO/c1-5-6-12-21-13-11-16(14-20-18(2,3)4)15-7-9-17(19)10-8-15/h7-10,16,20H,5-6,11-14H2,1-4H3. The van der Waals surface area contributed by atoms with Gasteiger partial charge in [0, 0.05) is 25.3 Å². The second-order valence-corrected chi connectivity index (χ2v) is 6.63. The number of unbranched alkanes of at least 4 members (excludes halogenated alkanes) is 1. The summed E-state index contributed by atoms with van der Waals surface area (Å²) in [5, 5.41) is 3.54. The first-order valence-electron chi connectivity index (χ1n) is 8.00. The highest BCUT2D eigenvalue weighted by atomic mass is 19.1. The van der Waals surface area contributed by atoms with Crippen LogP contribution in [-0.2, 0) is 4.74 Å². The van der Waals surface area contributed by atoms with Crippen LogP contribution in [0.15, 0.2) is 24.3 Å². The molecule has 0 heterocycles. The fraction of sp³-hybridized carbons (Fsp3) is 0.667. The zero-order valence-electron chi connectivity index (χ0n) is 13.9. The molecule has 0 aliphatic carbocycles. The molecule has 1 N–H and O–H groups in total. The van der Waals surface area contributed by atoms with Crippen molar-refractivity contribution in [2.45, 2.75) is 58.4 Å². The largest absolute Gasteiger partial charge is 0.381 e. The van der Waals surface area contributed by atoms with E-state index in [2.05, 4.69) is 33.0 Å². The Balaban J connectivity index is 2.55. The summed E-state index contributed by atoms with van der Waals surface area (Å²) in [7, 11) is 0. The average molecular weight is 295 g/mol. The highest BCUT2D eigenvalue weighted by Crippen LogP contribution is 2.20. The Hall–Kier alpha value is -0.930. The van der Waals surface area contributed by atoms with E-state index in [1.54, 1.807) is 0 Å². The van der Waals surface area contributed by atoms with E-state index < -0.39 is 0 Å². The van der Waals surface area contributed by atoms with E-state index in [9.17, 15) is 4.39 Å². The zero-order chi connectivity index (χ0) is 15.7. The van der Waals surface area contributed by atoms with Crippen LogP contribution in [0.3, 0.4) is 0 Å². The minimum absolute atomic E-state index is 0.0847. The normalized spacial score (nSPS) is 13.4. The highest BCUT2D eigenvalue weighted by molar-refractivity contribution is 5.21. The predicted octanol–water partition coefficient (Wildman–Crippen LogP) is 4.50. The van der Waals surface area contributed by atoms with Crippen LogP contribution >= 0.6 is 0 Å². The first-order chi connectivity index (χ1) is 9.92. The minimum atomic E-state index is -0.180. The van der Waals surface area contributed by atoms with E-state index in [1.165, 1.54) is 17.7 Å². The molecule has 0 spiro atoms. The van der Waals surface area contributed by atoms with Crippen LogP contribution in [0.2, 0.25) is 0 Å². The SMILES string of the molecule is CCCCOCCC(CNC(C)(C)C)c1ccc(F)cc1. The Morgan fingerprint density at radius 2 is 1.81 bits per heavy atom. The topological polar surface area (TPSA) is 21.3 Å². The van der Waals surface area contributed by atoms with Gasteiger partial charge in [0.2, 0.25) is 0 Å². The molecule has 0 fully saturated rings. The Bertz CT molecular complexity index is 383. The molecule has 0 saturated heterocycles. The number of halogens is 1. The van der Waals surface area contributed by atoms with Crippen molar-refractivity contribution in [2.75, 3.05) is 19.8 Å². The van der Waals surface area contributed by atoms with Crippen LogP contribution in [0.5, 0.6) is 0 Å². The number of hydrogen-bond donors (Lipinski definition) is 1. The van der Waals surface area contributed by atoms with E-state index in [0.717, 1.165) is 39.0 Å². The molecule has 0 bridgehead atoms. The zero-order valence-corrected chi connectivity index (χ0v) is 13.9. The van der Waals surface area contributed by atoms with E-state index in [4.69, 9.17) is 4.74 Å². The van der Waals surface area contributed by atoms with Gasteiger partial charge in [0.15, 0.2) is 0 Å². The van der Waals surface area contributed by atoms with E-state index in [-0.39, 0.29) is 11.4 Å². The Morgan fingerprint density at radius 1 is 1.14 bits per heavy atom. The number of hydrogen-bond acceptors (Lipinski definition) is 2. The van der Waals surface area contributed by atoms with Crippen LogP contribution in [0, 0.1) is 5.82 Å². The molecule has 0 radical (unpaired) electrons. The average Bonchev–Trinajstić information content (AvgIpc) is 2.42. The summed E-state index contributed by atoms with van der Waals surface area (Å²) in [6, 6.07) is 6.85. The number of nitrogens with one attached hydrogen (secondary N) is 1. The second-order valence-electron chi connectivity index (χ2n) is 6.63. The fourth-order valence-electron chi connectivity index (χ4n) is 2.12. The van der Waals surface area contributed by atoms with Crippen LogP contribution < -0.4 is 5.32 Å². The molecule has 0 aliphatic heterocycles. The van der Waals surface area contributed by atoms with Crippen molar-refractivity contribution in [2.24, 2.45) is 0 Å². The summed E-state index contributed by atoms with van der Waals surface area (Å²) in [4.78, 5) is 0. The molecule has 0 amide bonds. The summed E-state index contributed by atoms with van der Waals surface area (Å²) in [5.74, 6) is 0.173. The quantitative estimate of drug-likeness (QED) is 0.677. The monoisotopic (exact) mass is 295 g/mol. The van der Waals surface area contributed by atoms with Gasteiger partial charge in [-0.25, -0.2) is 4.39 Å². The molecule has 120 valence electrons. The van der Waals surface area contributed by atoms with Crippen LogP contribution in [0.4, 0.5) is 4.39 Å². The molecular formula is C18H30FNO. The molecule has 1 atom stereocenters. The number of rotatable bonds is 9. The van der Waals surface area contributed by atoms with Crippen molar-refractivity contribution >= 4 is 0 Å². The summed E-state index contributed by atoms with van der Waals surface area (Å²) in [6.07, 6.45) is 3.23. The third kappa shape index (κ3) is 8.18. The third-order valence-electron chi connectivity index (χ3n) is 3.47. The lowest BCUT2D eigenvalue weighted by atomic mass is 9.94. The van der Waals surface area contributed by atoms with Gasteiger partial charge in [-0.3, -0.25) is 0 Å². The maximum absolute atomic E-state index is 13.1. The fourth-order valence-corrected chi connectivity index (χ4v) is 2.12. The molecule has 2 nitrogen and oxygen atoms in total. The molecule has 21 heavy (non-hydrogen) atoms. The molecular weight excluding hydrogens is 265 g/mol. The lowest BCUT2D eigenvalue weighted by Gasteiger charge is -2.25. The van der Waals surface area contributed by atoms with Crippen LogP contribution in [-0.4, -0.2) is 25.3 Å². The Kier molecular flexibility index (Phi) is 7.91. The van der Waals surface area contributed by atoms with E-state index in [1.807, 2.05) is 12.1 Å². The van der Waals surface area contributed by atoms with Gasteiger partial charge in [-0.1, -0.05) is 25.5 Å². The van der Waals surface area contributed by atoms with Gasteiger partial charge in [0.25, 0.3) is 0 Å². The summed E-state index contributed by atoms with van der Waals surface area (Å²) < 4.78 is 18.8. The van der Waals surface area contributed by atoms with Gasteiger partial charge < -0.3 is 10.1 Å². The van der Waals surface area contributed by atoms with Crippen molar-refractivity contribution in [1.29, 1.82) is 0 Å². The molecule has 0 saturated carbocycles. The van der Waals surface area contributed by atoms with Crippen molar-refractivity contribution in [3.63, 3.8) is 0 Å². The number of ether oxygens (including phenoxy) is 1. The van der Waals surface area contributed by atoms with Crippen molar-refractivity contribution in [1.82, 2.24) is 5.32 Å². The van der Waals surface area contributed by atoms with E-state index in [0.29, 0.717) is 5.92 Å². The van der Waals surface area contributed by atoms with Gasteiger partial charge in [0.05, 0.1) is 0 Å². The second kappa shape index (κ2) is 9.16. The van der Waals surface area contributed by atoms with E-state index >= 15 is 0 Å². The van der Waals surface area contributed by atoms with Crippen LogP contribution in [0.1, 0.15) is 58.4 Å². The summed E-state index contributed by atoms with van der Waals surface area (Å²) in [5.41, 5.74) is 1.26. The molecule has 1 rings (SSSR count). The molecule has 3 heteroatoms. The minimum Gasteiger partial charge on any atom is -0.381 e. The van der Waals surface area contributed by atoms with Gasteiger partial charge in [-0.2, -0.15) is 0 Å². The smallest absolute Gasteiger partial charge is 0.123 e. The first-order valence-corrected chi connectivity index (χ1v) is 8.00. The predicted molar refractivity (Wildman–Crippen MR) is 87.2 cm³/mol. The van der Waals surface area contributed by atoms with Crippen molar-refractivity contribution in [3.05, 3.63) is 35.6 Å². The van der Waals surface area contributed by atoms with Gasteiger partial charge in [-0.05, 0) is 57.2 Å². The molecule has 1 aromatic carbocycles. The van der Waals surface area contributed by atoms with Gasteiger partial charge in [0.1, 0.15) is 5.82 Å². The molecule has 1 aromatic rings. The highest BCUT2D eigenvalue weighted by Gasteiger charge is 2.16. The third-order valence-corrected chi connectivity index (χ3v) is 3.47. The van der Waals surface area contributed by atoms with Gasteiger partial charge >= 0.3 is 0 Å². The summed E-state index contributed by atoms with van der Waals surface area (Å²) >= 11 is 0. The summed E-state index contributed by atoms with van der Waals surface area (Å²) in [6.45, 7) is 11.1. The van der Waals surface area contributed by atoms with Crippen molar-refractivity contribution in [3.8, 4) is 0 Å². The maximum Gasteiger partial charge on any atom is 0.123 e. The van der Waals surface area contributed by atoms with Crippen molar-refractivity contribution < 1.29 is 9.13 Å². The molecule has 1 unspecified atom stereocenters. The lowest BCUT2D eigenvalue weighted by Crippen LogP contribution is -2.38. The molecule has 0 aromatic heterocycles. The molecule has 0 aliphatic rings. The Morgan fingerprint density at radius 3 is 2.38 bits per heavy atom.